The predicted molar refractivity (Wildman–Crippen MR) is 85.0 cm³/mol. The van der Waals surface area contributed by atoms with E-state index in [4.69, 9.17) is 5.73 Å². The molecule has 0 atom stereocenters. The van der Waals surface area contributed by atoms with E-state index in [0.717, 1.165) is 16.7 Å². The lowest BCUT2D eigenvalue weighted by atomic mass is 10.2. The zero-order chi connectivity index (χ0) is 15.5. The van der Waals surface area contributed by atoms with Crippen molar-refractivity contribution in [1.82, 2.24) is 9.71 Å². The molecule has 0 aliphatic heterocycles. The van der Waals surface area contributed by atoms with Crippen LogP contribution in [0, 0.1) is 6.92 Å². The molecule has 0 bridgehead atoms. The lowest BCUT2D eigenvalue weighted by Crippen LogP contribution is -2.24. The molecule has 0 radical (unpaired) electrons. The van der Waals surface area contributed by atoms with Crippen molar-refractivity contribution in [1.29, 1.82) is 0 Å². The van der Waals surface area contributed by atoms with Crippen molar-refractivity contribution in [3.05, 3.63) is 57.8 Å². The summed E-state index contributed by atoms with van der Waals surface area (Å²) >= 11 is 3.26. The number of sulfonamides is 1. The quantitative estimate of drug-likeness (QED) is 0.844. The average Bonchev–Trinajstić information content (AvgIpc) is 2.47. The van der Waals surface area contributed by atoms with Crippen LogP contribution in [0.1, 0.15) is 16.7 Å². The molecule has 2 rings (SSSR count). The standard InChI is InChI=1S/C14H16BrN3O2S/c1-10-4-5-17-8-12(10)9-18-21(19,20)14-6-11(7-16)2-3-13(14)15/h2-6,8,18H,7,9,16H2,1H3. The Kier molecular flexibility index (Phi) is 5.10. The fourth-order valence-corrected chi connectivity index (χ4v) is 3.83. The Morgan fingerprint density at radius 1 is 1.33 bits per heavy atom. The number of nitrogens with two attached hydrogens (primary N) is 1. The van der Waals surface area contributed by atoms with Gasteiger partial charge in [-0.2, -0.15) is 0 Å². The average molecular weight is 370 g/mol. The van der Waals surface area contributed by atoms with Crippen LogP contribution in [-0.2, 0) is 23.1 Å². The van der Waals surface area contributed by atoms with Crippen molar-refractivity contribution < 1.29 is 8.42 Å². The van der Waals surface area contributed by atoms with E-state index in [2.05, 4.69) is 25.6 Å². The van der Waals surface area contributed by atoms with Gasteiger partial charge in [0.15, 0.2) is 0 Å². The second-order valence-electron chi connectivity index (χ2n) is 4.60. The summed E-state index contributed by atoms with van der Waals surface area (Å²) in [6.07, 6.45) is 3.33. The number of nitrogens with one attached hydrogen (secondary N) is 1. The first-order valence-electron chi connectivity index (χ1n) is 6.31. The Morgan fingerprint density at radius 2 is 2.10 bits per heavy atom. The zero-order valence-electron chi connectivity index (χ0n) is 11.5. The monoisotopic (exact) mass is 369 g/mol. The first-order valence-corrected chi connectivity index (χ1v) is 8.59. The van der Waals surface area contributed by atoms with E-state index in [-0.39, 0.29) is 18.0 Å². The van der Waals surface area contributed by atoms with Crippen LogP contribution in [0.3, 0.4) is 0 Å². The molecule has 0 aliphatic rings. The molecule has 1 aromatic carbocycles. The summed E-state index contributed by atoms with van der Waals surface area (Å²) in [4.78, 5) is 4.19. The highest BCUT2D eigenvalue weighted by atomic mass is 79.9. The van der Waals surface area contributed by atoms with Gasteiger partial charge < -0.3 is 5.73 Å². The molecule has 1 aromatic heterocycles. The number of hydrogen-bond donors (Lipinski definition) is 2. The second-order valence-corrected chi connectivity index (χ2v) is 7.19. The molecule has 112 valence electrons. The van der Waals surface area contributed by atoms with E-state index in [1.54, 1.807) is 30.6 Å². The Hall–Kier alpha value is -1.28. The molecule has 0 unspecified atom stereocenters. The van der Waals surface area contributed by atoms with Gasteiger partial charge in [-0.15, -0.1) is 0 Å². The Morgan fingerprint density at radius 3 is 2.76 bits per heavy atom. The first kappa shape index (κ1) is 16.1. The van der Waals surface area contributed by atoms with Crippen LogP contribution >= 0.6 is 15.9 Å². The summed E-state index contributed by atoms with van der Waals surface area (Å²) in [6.45, 7) is 2.40. The van der Waals surface area contributed by atoms with Gasteiger partial charge in [-0.05, 0) is 57.7 Å². The van der Waals surface area contributed by atoms with Crippen LogP contribution in [0.5, 0.6) is 0 Å². The van der Waals surface area contributed by atoms with E-state index >= 15 is 0 Å². The maximum atomic E-state index is 12.4. The molecule has 5 nitrogen and oxygen atoms in total. The van der Waals surface area contributed by atoms with E-state index in [9.17, 15) is 8.42 Å². The first-order chi connectivity index (χ1) is 9.94. The highest BCUT2D eigenvalue weighted by molar-refractivity contribution is 9.10. The normalized spacial score (nSPS) is 11.6. The van der Waals surface area contributed by atoms with Gasteiger partial charge >= 0.3 is 0 Å². The van der Waals surface area contributed by atoms with Crippen molar-refractivity contribution in [3.8, 4) is 0 Å². The number of nitrogens with zero attached hydrogens (tertiary/aromatic N) is 1. The topological polar surface area (TPSA) is 85.1 Å². The summed E-state index contributed by atoms with van der Waals surface area (Å²) in [5.41, 5.74) is 8.15. The smallest absolute Gasteiger partial charge is 0.242 e. The van der Waals surface area contributed by atoms with Crippen LogP contribution < -0.4 is 10.5 Å². The third-order valence-corrected chi connectivity index (χ3v) is 5.52. The second kappa shape index (κ2) is 6.65. The van der Waals surface area contributed by atoms with Gasteiger partial charge in [0.25, 0.3) is 0 Å². The summed E-state index contributed by atoms with van der Waals surface area (Å²) in [6, 6.07) is 6.89. The number of pyridine rings is 1. The fraction of sp³-hybridized carbons (Fsp3) is 0.214. The SMILES string of the molecule is Cc1ccncc1CNS(=O)(=O)c1cc(CN)ccc1Br. The van der Waals surface area contributed by atoms with Crippen LogP contribution in [0.4, 0.5) is 0 Å². The number of aromatic nitrogens is 1. The predicted octanol–water partition coefficient (Wildman–Crippen LogP) is 2.09. The molecule has 0 aliphatic carbocycles. The van der Waals surface area contributed by atoms with Gasteiger partial charge in [-0.1, -0.05) is 6.07 Å². The minimum Gasteiger partial charge on any atom is -0.326 e. The van der Waals surface area contributed by atoms with E-state index in [1.807, 2.05) is 13.0 Å². The van der Waals surface area contributed by atoms with Gasteiger partial charge in [-0.25, -0.2) is 13.1 Å². The summed E-state index contributed by atoms with van der Waals surface area (Å²) < 4.78 is 27.9. The van der Waals surface area contributed by atoms with Gasteiger partial charge in [0.05, 0.1) is 4.90 Å². The lowest BCUT2D eigenvalue weighted by molar-refractivity contribution is 0.580. The van der Waals surface area contributed by atoms with Crippen LogP contribution in [0.25, 0.3) is 0 Å². The number of rotatable bonds is 5. The van der Waals surface area contributed by atoms with Crippen LogP contribution in [0.15, 0.2) is 46.0 Å². The summed E-state index contributed by atoms with van der Waals surface area (Å²) in [5, 5.41) is 0. The number of benzene rings is 1. The van der Waals surface area contributed by atoms with Gasteiger partial charge in [-0.3, -0.25) is 4.98 Å². The van der Waals surface area contributed by atoms with E-state index < -0.39 is 10.0 Å². The van der Waals surface area contributed by atoms with Crippen molar-refractivity contribution in [2.45, 2.75) is 24.9 Å². The minimum absolute atomic E-state index is 0.187. The minimum atomic E-state index is -3.62. The highest BCUT2D eigenvalue weighted by Gasteiger charge is 2.18. The number of aryl methyl sites for hydroxylation is 1. The summed E-state index contributed by atoms with van der Waals surface area (Å²) in [7, 11) is -3.62. The zero-order valence-corrected chi connectivity index (χ0v) is 13.9. The molecule has 2 aromatic rings. The molecule has 7 heteroatoms. The van der Waals surface area contributed by atoms with Crippen molar-refractivity contribution in [2.24, 2.45) is 5.73 Å². The highest BCUT2D eigenvalue weighted by Crippen LogP contribution is 2.23. The number of halogens is 1. The Labute approximate surface area is 132 Å². The molecule has 0 spiro atoms. The molecule has 0 fully saturated rings. The van der Waals surface area contributed by atoms with E-state index in [1.165, 1.54) is 0 Å². The fourth-order valence-electron chi connectivity index (χ4n) is 1.81. The molecule has 0 saturated carbocycles. The maximum Gasteiger partial charge on any atom is 0.242 e. The molecule has 0 amide bonds. The van der Waals surface area contributed by atoms with Gasteiger partial charge in [0, 0.05) is 30.0 Å². The van der Waals surface area contributed by atoms with E-state index in [0.29, 0.717) is 4.47 Å². The molecule has 1 heterocycles. The van der Waals surface area contributed by atoms with Crippen molar-refractivity contribution >= 4 is 26.0 Å². The molecule has 21 heavy (non-hydrogen) atoms. The van der Waals surface area contributed by atoms with Crippen molar-refractivity contribution in [2.75, 3.05) is 0 Å². The lowest BCUT2D eigenvalue weighted by Gasteiger charge is -2.11. The van der Waals surface area contributed by atoms with Crippen LogP contribution in [0.2, 0.25) is 0 Å². The Bertz CT molecular complexity index is 748. The van der Waals surface area contributed by atoms with Crippen molar-refractivity contribution in [3.63, 3.8) is 0 Å². The third kappa shape index (κ3) is 3.88. The maximum absolute atomic E-state index is 12.4. The Balaban J connectivity index is 2.25. The molecule has 3 N–H and O–H groups in total. The van der Waals surface area contributed by atoms with Gasteiger partial charge in [0.1, 0.15) is 0 Å². The van der Waals surface area contributed by atoms with Crippen LogP contribution in [-0.4, -0.2) is 13.4 Å². The van der Waals surface area contributed by atoms with Gasteiger partial charge in [0.2, 0.25) is 10.0 Å². The molecular formula is C14H16BrN3O2S. The summed E-state index contributed by atoms with van der Waals surface area (Å²) in [5.74, 6) is 0. The largest absolute Gasteiger partial charge is 0.326 e. The molecule has 0 saturated heterocycles. The third-order valence-electron chi connectivity index (χ3n) is 3.12. The number of hydrogen-bond acceptors (Lipinski definition) is 4. The molecular weight excluding hydrogens is 354 g/mol.